The third-order valence-electron chi connectivity index (χ3n) is 13.8. The fourth-order valence-electron chi connectivity index (χ4n) is 11.7. The van der Waals surface area contributed by atoms with Crippen molar-refractivity contribution in [3.63, 3.8) is 0 Å². The van der Waals surface area contributed by atoms with Crippen molar-refractivity contribution < 1.29 is 5.11 Å². The third kappa shape index (κ3) is 2.99. The average molecular weight is 455 g/mol. The predicted octanol–water partition coefficient (Wildman–Crippen LogP) is 8.81. The highest BCUT2D eigenvalue weighted by molar-refractivity contribution is 5.30. The Bertz CT molecular complexity index is 807. The van der Waals surface area contributed by atoms with Gasteiger partial charge in [-0.3, -0.25) is 0 Å². The zero-order valence-corrected chi connectivity index (χ0v) is 23.3. The topological polar surface area (TPSA) is 20.2 Å². The maximum Gasteiger partial charge on any atom is 0.0594 e. The first-order chi connectivity index (χ1) is 15.4. The summed E-state index contributed by atoms with van der Waals surface area (Å²) in [5.41, 5.74) is 4.02. The highest BCUT2D eigenvalue weighted by Gasteiger charge is 2.82. The molecule has 0 aromatic carbocycles. The summed E-state index contributed by atoms with van der Waals surface area (Å²) in [7, 11) is 0. The van der Waals surface area contributed by atoms with Crippen LogP contribution in [0.25, 0.3) is 0 Å². The minimum atomic E-state index is -0.0867. The second-order valence-corrected chi connectivity index (χ2v) is 15.1. The molecule has 0 heterocycles. The second-order valence-electron chi connectivity index (χ2n) is 15.1. The normalized spacial score (nSPS) is 51.4. The lowest BCUT2D eigenvalue weighted by atomic mass is 9.41. The third-order valence-corrected chi connectivity index (χ3v) is 13.8. The summed E-state index contributed by atoms with van der Waals surface area (Å²) in [6.07, 6.45) is 17.5. The van der Waals surface area contributed by atoms with Gasteiger partial charge in [-0.2, -0.15) is 0 Å². The summed E-state index contributed by atoms with van der Waals surface area (Å²) in [4.78, 5) is 0. The van der Waals surface area contributed by atoms with Gasteiger partial charge in [0.15, 0.2) is 0 Å². The van der Waals surface area contributed by atoms with Gasteiger partial charge in [0.1, 0.15) is 0 Å². The molecule has 0 aromatic rings. The zero-order chi connectivity index (χ0) is 24.0. The molecule has 1 heteroatoms. The Hall–Kier alpha value is -0.300. The Morgan fingerprint density at radius 2 is 1.52 bits per heavy atom. The van der Waals surface area contributed by atoms with E-state index in [1.54, 1.807) is 5.57 Å². The summed E-state index contributed by atoms with van der Waals surface area (Å²) >= 11 is 0. The van der Waals surface area contributed by atoms with Gasteiger partial charge in [-0.25, -0.2) is 0 Å². The van der Waals surface area contributed by atoms with Crippen LogP contribution in [0.15, 0.2) is 11.6 Å². The molecule has 5 fully saturated rings. The van der Waals surface area contributed by atoms with E-state index >= 15 is 0 Å². The van der Waals surface area contributed by atoms with Gasteiger partial charge in [0, 0.05) is 0 Å². The van der Waals surface area contributed by atoms with Crippen molar-refractivity contribution in [2.45, 2.75) is 132 Å². The number of rotatable bonds is 5. The van der Waals surface area contributed by atoms with Gasteiger partial charge < -0.3 is 5.11 Å². The first-order valence-electron chi connectivity index (χ1n) is 14.7. The van der Waals surface area contributed by atoms with E-state index in [2.05, 4.69) is 61.5 Å². The first-order valence-corrected chi connectivity index (χ1v) is 14.7. The van der Waals surface area contributed by atoms with Gasteiger partial charge in [0.25, 0.3) is 0 Å². The Balaban J connectivity index is 1.38. The molecular formula is C32H54O. The molecule has 9 atom stereocenters. The summed E-state index contributed by atoms with van der Waals surface area (Å²) < 4.78 is 0. The molecule has 5 aliphatic carbocycles. The highest BCUT2D eigenvalue weighted by Crippen LogP contribution is 2.89. The SMILES string of the molecule is C/C=C(\CC[C@@H](C)[C@H]1CC[C@@]2(C)[C@@H]3CC[C@@H]4C(C)(C)[C@H](O)CC[C@@]45C[C@@]35CC[C@]12C)C(C)C. The monoisotopic (exact) mass is 454 g/mol. The average Bonchev–Trinajstić information content (AvgIpc) is 3.34. The van der Waals surface area contributed by atoms with E-state index in [0.29, 0.717) is 27.6 Å². The van der Waals surface area contributed by atoms with Crippen molar-refractivity contribution in [2.24, 2.45) is 56.7 Å². The number of hydrogen-bond acceptors (Lipinski definition) is 1. The molecule has 5 aliphatic rings. The maximum atomic E-state index is 10.9. The molecule has 1 nitrogen and oxygen atoms in total. The summed E-state index contributed by atoms with van der Waals surface area (Å²) in [6, 6.07) is 0. The van der Waals surface area contributed by atoms with Crippen LogP contribution in [-0.2, 0) is 0 Å². The van der Waals surface area contributed by atoms with E-state index in [1.807, 2.05) is 0 Å². The molecule has 2 spiro atoms. The maximum absolute atomic E-state index is 10.9. The molecule has 0 saturated heterocycles. The molecule has 0 bridgehead atoms. The quantitative estimate of drug-likeness (QED) is 0.411. The van der Waals surface area contributed by atoms with Crippen LogP contribution in [-0.4, -0.2) is 11.2 Å². The van der Waals surface area contributed by atoms with E-state index in [1.165, 1.54) is 64.2 Å². The van der Waals surface area contributed by atoms with Crippen LogP contribution < -0.4 is 0 Å². The highest BCUT2D eigenvalue weighted by atomic mass is 16.3. The lowest BCUT2D eigenvalue weighted by Gasteiger charge is -2.63. The fourth-order valence-corrected chi connectivity index (χ4v) is 11.7. The number of fused-ring (bicyclic) bond motifs is 2. The number of hydrogen-bond donors (Lipinski definition) is 1. The minimum Gasteiger partial charge on any atom is -0.393 e. The minimum absolute atomic E-state index is 0.0867. The predicted molar refractivity (Wildman–Crippen MR) is 140 cm³/mol. The lowest BCUT2D eigenvalue weighted by Crippen LogP contribution is -2.57. The first kappa shape index (κ1) is 24.4. The number of allylic oxidation sites excluding steroid dienone is 2. The molecule has 33 heavy (non-hydrogen) atoms. The molecular weight excluding hydrogens is 400 g/mol. The smallest absolute Gasteiger partial charge is 0.0594 e. The van der Waals surface area contributed by atoms with E-state index in [4.69, 9.17) is 0 Å². The van der Waals surface area contributed by atoms with Gasteiger partial charge in [-0.15, -0.1) is 0 Å². The molecule has 0 aromatic heterocycles. The molecule has 188 valence electrons. The van der Waals surface area contributed by atoms with Gasteiger partial charge in [-0.05, 0) is 134 Å². The van der Waals surface area contributed by atoms with Crippen LogP contribution in [0, 0.1) is 56.7 Å². The molecule has 5 saturated carbocycles. The van der Waals surface area contributed by atoms with E-state index in [0.717, 1.165) is 30.1 Å². The van der Waals surface area contributed by atoms with E-state index in [9.17, 15) is 5.11 Å². The van der Waals surface area contributed by atoms with Crippen LogP contribution >= 0.6 is 0 Å². The van der Waals surface area contributed by atoms with Gasteiger partial charge >= 0.3 is 0 Å². The molecule has 0 radical (unpaired) electrons. The van der Waals surface area contributed by atoms with Crippen molar-refractivity contribution in [1.82, 2.24) is 0 Å². The van der Waals surface area contributed by atoms with Gasteiger partial charge in [-0.1, -0.05) is 60.1 Å². The lowest BCUT2D eigenvalue weighted by molar-refractivity contribution is -0.161. The van der Waals surface area contributed by atoms with Crippen LogP contribution in [0.2, 0.25) is 0 Å². The summed E-state index contributed by atoms with van der Waals surface area (Å²) in [5, 5.41) is 10.9. The number of aliphatic hydroxyl groups is 1. The Morgan fingerprint density at radius 3 is 2.18 bits per heavy atom. The molecule has 5 rings (SSSR count). The van der Waals surface area contributed by atoms with Crippen LogP contribution in [0.3, 0.4) is 0 Å². The zero-order valence-electron chi connectivity index (χ0n) is 23.3. The van der Waals surface area contributed by atoms with Crippen LogP contribution in [0.1, 0.15) is 126 Å². The molecule has 1 N–H and O–H groups in total. The van der Waals surface area contributed by atoms with Crippen molar-refractivity contribution in [3.05, 3.63) is 11.6 Å². The van der Waals surface area contributed by atoms with Crippen molar-refractivity contribution in [1.29, 1.82) is 0 Å². The second kappa shape index (κ2) is 7.60. The summed E-state index contributed by atoms with van der Waals surface area (Å²) in [5.74, 6) is 4.13. The van der Waals surface area contributed by atoms with Gasteiger partial charge in [0.05, 0.1) is 6.10 Å². The largest absolute Gasteiger partial charge is 0.393 e. The fraction of sp³-hybridized carbons (Fsp3) is 0.938. The van der Waals surface area contributed by atoms with Crippen molar-refractivity contribution in [2.75, 3.05) is 0 Å². The van der Waals surface area contributed by atoms with Crippen molar-refractivity contribution >= 4 is 0 Å². The van der Waals surface area contributed by atoms with Crippen LogP contribution in [0.4, 0.5) is 0 Å². The Kier molecular flexibility index (Phi) is 5.62. The van der Waals surface area contributed by atoms with E-state index < -0.39 is 0 Å². The van der Waals surface area contributed by atoms with Crippen LogP contribution in [0.5, 0.6) is 0 Å². The number of aliphatic hydroxyl groups excluding tert-OH is 1. The van der Waals surface area contributed by atoms with E-state index in [-0.39, 0.29) is 11.5 Å². The Labute approximate surface area is 205 Å². The standard InChI is InChI=1S/C32H54O/c1-9-23(21(2)3)11-10-22(4)24-14-16-30(8)26-13-12-25-28(5,6)27(33)15-17-31(25)20-32(26,31)19-18-29(24,30)7/h9,21-22,24-27,33H,10-20H2,1-8H3/b23-9+/t22-,24-,25-,26+,27-,29-,30+,31-,32+/m1/s1. The molecule has 0 aliphatic heterocycles. The summed E-state index contributed by atoms with van der Waals surface area (Å²) in [6.45, 7) is 19.8. The van der Waals surface area contributed by atoms with Gasteiger partial charge in [0.2, 0.25) is 0 Å². The van der Waals surface area contributed by atoms with Crippen molar-refractivity contribution in [3.8, 4) is 0 Å². The molecule has 0 amide bonds. The Morgan fingerprint density at radius 1 is 0.848 bits per heavy atom. The molecule has 0 unspecified atom stereocenters.